The lowest BCUT2D eigenvalue weighted by atomic mass is 10.0. The number of nitrogens with zero attached hydrogens (tertiary/aromatic N) is 1. The summed E-state index contributed by atoms with van der Waals surface area (Å²) in [6.07, 6.45) is 0. The lowest BCUT2D eigenvalue weighted by Crippen LogP contribution is -2.26. The van der Waals surface area contributed by atoms with Crippen molar-refractivity contribution in [1.29, 1.82) is 0 Å². The van der Waals surface area contributed by atoms with Crippen LogP contribution in [0.2, 0.25) is 0 Å². The first-order chi connectivity index (χ1) is 13.4. The predicted molar refractivity (Wildman–Crippen MR) is 126 cm³/mol. The van der Waals surface area contributed by atoms with E-state index < -0.39 is 0 Å². The normalized spacial score (nSPS) is 12.4. The van der Waals surface area contributed by atoms with Crippen molar-refractivity contribution in [1.82, 2.24) is 5.09 Å². The summed E-state index contributed by atoms with van der Waals surface area (Å²) in [6.45, 7) is 13.5. The van der Waals surface area contributed by atoms with Crippen LogP contribution in [0.5, 0.6) is 0 Å². The molecule has 28 heavy (non-hydrogen) atoms. The van der Waals surface area contributed by atoms with Crippen LogP contribution in [0.1, 0.15) is 44.4 Å². The Morgan fingerprint density at radius 3 is 2.11 bits per heavy atom. The Morgan fingerprint density at radius 2 is 1.46 bits per heavy atom. The zero-order valence-corrected chi connectivity index (χ0v) is 18.7. The Hall–Kier alpha value is -2.18. The van der Waals surface area contributed by atoms with Crippen LogP contribution in [-0.2, 0) is 0 Å². The lowest BCUT2D eigenvalue weighted by Gasteiger charge is -2.28. The Morgan fingerprint density at radius 1 is 0.821 bits per heavy atom. The Balaban J connectivity index is 2.16. The van der Waals surface area contributed by atoms with Gasteiger partial charge < -0.3 is 5.09 Å². The number of nitrogens with one attached hydrogen (secondary N) is 1. The quantitative estimate of drug-likeness (QED) is 0.275. The van der Waals surface area contributed by atoms with Crippen molar-refractivity contribution < 1.29 is 0 Å². The molecule has 0 aliphatic carbocycles. The summed E-state index contributed by atoms with van der Waals surface area (Å²) in [6, 6.07) is 21.5. The van der Waals surface area contributed by atoms with Gasteiger partial charge in [0.25, 0.3) is 0 Å². The Bertz CT molecular complexity index is 964. The van der Waals surface area contributed by atoms with Crippen molar-refractivity contribution >= 4 is 30.4 Å². The zero-order valence-electron chi connectivity index (χ0n) is 17.8. The van der Waals surface area contributed by atoms with E-state index in [1.807, 2.05) is 0 Å². The molecule has 0 aliphatic heterocycles. The molecular weight excluding hydrogens is 359 g/mol. The van der Waals surface area contributed by atoms with Crippen LogP contribution in [0.15, 0.2) is 65.7 Å². The van der Waals surface area contributed by atoms with Crippen LogP contribution >= 0.6 is 8.07 Å². The van der Waals surface area contributed by atoms with Crippen LogP contribution in [0, 0.1) is 13.8 Å². The SMILES string of the molecule is Cc1ccc(C(=Nc2c(C)ccc3ccccc23)NP(C(C)C)C(C)C)cc1. The minimum absolute atomic E-state index is 0.379. The molecule has 146 valence electrons. The lowest BCUT2D eigenvalue weighted by molar-refractivity contribution is 0.990. The molecule has 0 amide bonds. The largest absolute Gasteiger partial charge is 0.348 e. The number of rotatable bonds is 5. The number of hydrogen-bond acceptors (Lipinski definition) is 1. The van der Waals surface area contributed by atoms with E-state index in [9.17, 15) is 0 Å². The van der Waals surface area contributed by atoms with E-state index in [1.54, 1.807) is 0 Å². The first-order valence-corrected chi connectivity index (χ1v) is 11.5. The molecule has 0 atom stereocenters. The van der Waals surface area contributed by atoms with E-state index >= 15 is 0 Å². The van der Waals surface area contributed by atoms with E-state index in [0.29, 0.717) is 11.3 Å². The third-order valence-corrected chi connectivity index (χ3v) is 7.69. The van der Waals surface area contributed by atoms with Crippen molar-refractivity contribution in [3.63, 3.8) is 0 Å². The molecule has 0 aromatic heterocycles. The minimum Gasteiger partial charge on any atom is -0.348 e. The van der Waals surface area contributed by atoms with Crippen molar-refractivity contribution in [2.45, 2.75) is 52.9 Å². The monoisotopic (exact) mass is 390 g/mol. The van der Waals surface area contributed by atoms with Crippen LogP contribution in [-0.4, -0.2) is 17.2 Å². The molecule has 1 N–H and O–H groups in total. The molecule has 0 bridgehead atoms. The van der Waals surface area contributed by atoms with Gasteiger partial charge in [-0.2, -0.15) is 0 Å². The third-order valence-electron chi connectivity index (χ3n) is 5.00. The second-order valence-corrected chi connectivity index (χ2v) is 11.1. The topological polar surface area (TPSA) is 24.4 Å². The van der Waals surface area contributed by atoms with E-state index in [-0.39, 0.29) is 8.07 Å². The van der Waals surface area contributed by atoms with Crippen molar-refractivity contribution in [2.75, 3.05) is 0 Å². The zero-order chi connectivity index (χ0) is 20.3. The second kappa shape index (κ2) is 8.88. The number of hydrogen-bond donors (Lipinski definition) is 1. The summed E-state index contributed by atoms with van der Waals surface area (Å²) < 4.78 is 0. The summed E-state index contributed by atoms with van der Waals surface area (Å²) in [5.74, 6) is 0.980. The number of amidine groups is 1. The molecule has 2 nitrogen and oxygen atoms in total. The van der Waals surface area contributed by atoms with Crippen molar-refractivity contribution in [2.24, 2.45) is 4.99 Å². The molecule has 0 unspecified atom stereocenters. The van der Waals surface area contributed by atoms with E-state index in [1.165, 1.54) is 21.9 Å². The summed E-state index contributed by atoms with van der Waals surface area (Å²) >= 11 is 0. The Kier molecular flexibility index (Phi) is 6.52. The molecule has 3 aromatic carbocycles. The minimum atomic E-state index is -0.379. The highest BCUT2D eigenvalue weighted by atomic mass is 31.1. The van der Waals surface area contributed by atoms with E-state index in [2.05, 4.69) is 107 Å². The first-order valence-electron chi connectivity index (χ1n) is 10.1. The summed E-state index contributed by atoms with van der Waals surface area (Å²) in [4.78, 5) is 5.21. The Labute approximate surface area is 170 Å². The van der Waals surface area contributed by atoms with E-state index in [4.69, 9.17) is 4.99 Å². The average Bonchev–Trinajstić information content (AvgIpc) is 2.67. The van der Waals surface area contributed by atoms with Gasteiger partial charge in [0.15, 0.2) is 0 Å². The highest BCUT2D eigenvalue weighted by Gasteiger charge is 2.20. The van der Waals surface area contributed by atoms with Gasteiger partial charge in [0, 0.05) is 10.9 Å². The van der Waals surface area contributed by atoms with Crippen LogP contribution in [0.3, 0.4) is 0 Å². The summed E-state index contributed by atoms with van der Waals surface area (Å²) in [5.41, 5.74) is 5.83. The van der Waals surface area contributed by atoms with E-state index in [0.717, 1.165) is 17.1 Å². The molecule has 0 aliphatic rings. The molecule has 0 fully saturated rings. The van der Waals surface area contributed by atoms with Crippen LogP contribution in [0.25, 0.3) is 10.8 Å². The molecule has 0 heterocycles. The summed E-state index contributed by atoms with van der Waals surface area (Å²) in [7, 11) is -0.379. The standard InChI is InChI=1S/C25H31N2P/c1-17(2)28(18(3)4)27-25(22-14-11-19(5)12-15-22)26-24-20(6)13-16-21-9-7-8-10-23(21)24/h7-18H,1-6H3,(H,26,27). The smallest absolute Gasteiger partial charge is 0.137 e. The molecule has 0 saturated carbocycles. The molecule has 3 heteroatoms. The highest BCUT2D eigenvalue weighted by molar-refractivity contribution is 7.57. The maximum absolute atomic E-state index is 5.21. The van der Waals surface area contributed by atoms with Gasteiger partial charge >= 0.3 is 0 Å². The molecule has 3 aromatic rings. The maximum atomic E-state index is 5.21. The van der Waals surface area contributed by atoms with Gasteiger partial charge in [-0.25, -0.2) is 4.99 Å². The van der Waals surface area contributed by atoms with Gasteiger partial charge in [0.05, 0.1) is 5.69 Å². The maximum Gasteiger partial charge on any atom is 0.137 e. The fourth-order valence-corrected chi connectivity index (χ4v) is 5.60. The highest BCUT2D eigenvalue weighted by Crippen LogP contribution is 2.42. The van der Waals surface area contributed by atoms with Crippen LogP contribution in [0.4, 0.5) is 5.69 Å². The predicted octanol–water partition coefficient (Wildman–Crippen LogP) is 7.34. The molecule has 3 rings (SSSR count). The molecular formula is C25H31N2P. The average molecular weight is 391 g/mol. The van der Waals surface area contributed by atoms with Crippen molar-refractivity contribution in [3.8, 4) is 0 Å². The van der Waals surface area contributed by atoms with Gasteiger partial charge in [-0.1, -0.05) is 93.9 Å². The van der Waals surface area contributed by atoms with Gasteiger partial charge in [-0.05, 0) is 44.2 Å². The second-order valence-electron chi connectivity index (χ2n) is 7.99. The van der Waals surface area contributed by atoms with Crippen LogP contribution < -0.4 is 5.09 Å². The van der Waals surface area contributed by atoms with Crippen molar-refractivity contribution in [3.05, 3.63) is 77.4 Å². The fraction of sp³-hybridized carbons (Fsp3) is 0.320. The van der Waals surface area contributed by atoms with Gasteiger partial charge in [0.2, 0.25) is 0 Å². The molecule has 0 radical (unpaired) electrons. The van der Waals surface area contributed by atoms with Gasteiger partial charge in [-0.15, -0.1) is 0 Å². The number of benzene rings is 3. The molecule has 0 spiro atoms. The van der Waals surface area contributed by atoms with Gasteiger partial charge in [0.1, 0.15) is 5.84 Å². The van der Waals surface area contributed by atoms with Gasteiger partial charge in [-0.3, -0.25) is 0 Å². The number of aliphatic imine (C=N–C) groups is 1. The fourth-order valence-electron chi connectivity index (χ4n) is 3.47. The third kappa shape index (κ3) is 4.62. The number of fused-ring (bicyclic) bond motifs is 1. The first kappa shape index (κ1) is 20.6. The summed E-state index contributed by atoms with van der Waals surface area (Å²) in [5, 5.41) is 6.27. The number of aryl methyl sites for hydroxylation is 2. The molecule has 0 saturated heterocycles.